The Bertz CT molecular complexity index is 661. The molecule has 0 aromatic heterocycles. The molecule has 0 saturated carbocycles. The lowest BCUT2D eigenvalue weighted by Crippen LogP contribution is -2.46. The summed E-state index contributed by atoms with van der Waals surface area (Å²) < 4.78 is 19.0. The molecule has 1 atom stereocenters. The number of hydrogen-bond donors (Lipinski definition) is 2. The highest BCUT2D eigenvalue weighted by molar-refractivity contribution is 9.10. The highest BCUT2D eigenvalue weighted by Gasteiger charge is 2.19. The highest BCUT2D eigenvalue weighted by Crippen LogP contribution is 2.16. The first-order chi connectivity index (χ1) is 11.2. The van der Waals surface area contributed by atoms with Gasteiger partial charge in [-0.1, -0.05) is 15.9 Å². The van der Waals surface area contributed by atoms with Crippen LogP contribution >= 0.6 is 15.9 Å². The maximum atomic E-state index is 13.5. The lowest BCUT2D eigenvalue weighted by Gasteiger charge is -2.13. The van der Waals surface area contributed by atoms with Gasteiger partial charge in [0.1, 0.15) is 5.82 Å². The van der Waals surface area contributed by atoms with Gasteiger partial charge in [0.25, 0.3) is 5.91 Å². The second kappa shape index (κ2) is 9.17. The lowest BCUT2D eigenvalue weighted by atomic mass is 10.2. The van der Waals surface area contributed by atoms with E-state index < -0.39 is 29.8 Å². The smallest absolute Gasteiger partial charge is 0.331 e. The van der Waals surface area contributed by atoms with Crippen LogP contribution in [-0.4, -0.2) is 30.1 Å². The first kappa shape index (κ1) is 19.8. The number of benzene rings is 1. The van der Waals surface area contributed by atoms with Crippen molar-refractivity contribution in [3.8, 4) is 0 Å². The van der Waals surface area contributed by atoms with Gasteiger partial charge in [-0.3, -0.25) is 10.1 Å². The number of urea groups is 1. The molecule has 8 heteroatoms. The Morgan fingerprint density at radius 3 is 2.54 bits per heavy atom. The van der Waals surface area contributed by atoms with Crippen LogP contribution in [0.3, 0.4) is 0 Å². The number of amides is 3. The normalized spacial score (nSPS) is 12.1. The van der Waals surface area contributed by atoms with E-state index in [0.717, 1.165) is 6.08 Å². The van der Waals surface area contributed by atoms with Crippen LogP contribution < -0.4 is 10.6 Å². The van der Waals surface area contributed by atoms with Crippen molar-refractivity contribution in [2.24, 2.45) is 0 Å². The van der Waals surface area contributed by atoms with Crippen LogP contribution in [0.1, 0.15) is 26.3 Å². The molecule has 2 N–H and O–H groups in total. The number of nitrogens with one attached hydrogen (secondary N) is 2. The molecule has 130 valence electrons. The minimum atomic E-state index is -1.17. The van der Waals surface area contributed by atoms with Gasteiger partial charge >= 0.3 is 12.0 Å². The molecule has 0 saturated heterocycles. The molecule has 6 nitrogen and oxygen atoms in total. The number of carbonyl (C=O) groups excluding carboxylic acids is 3. The van der Waals surface area contributed by atoms with E-state index in [2.05, 4.69) is 26.6 Å². The van der Waals surface area contributed by atoms with Crippen molar-refractivity contribution >= 4 is 39.9 Å². The zero-order valence-corrected chi connectivity index (χ0v) is 15.0. The largest absolute Gasteiger partial charge is 0.449 e. The first-order valence-corrected chi connectivity index (χ1v) is 7.93. The average molecular weight is 401 g/mol. The summed E-state index contributed by atoms with van der Waals surface area (Å²) in [6.07, 6.45) is 1.06. The van der Waals surface area contributed by atoms with Crippen LogP contribution in [0.4, 0.5) is 9.18 Å². The Balaban J connectivity index is 2.57. The Hall–Kier alpha value is -2.22. The average Bonchev–Trinajstić information content (AvgIpc) is 2.47. The number of rotatable bonds is 5. The van der Waals surface area contributed by atoms with Crippen molar-refractivity contribution in [2.45, 2.75) is 32.9 Å². The van der Waals surface area contributed by atoms with E-state index in [0.29, 0.717) is 4.47 Å². The minimum absolute atomic E-state index is 0.140. The SMILES string of the molecule is CC(C)NC(=O)NC(=O)C(C)OC(=O)/C=C/c1cc(Br)ccc1F. The van der Waals surface area contributed by atoms with Crippen molar-refractivity contribution in [1.29, 1.82) is 0 Å². The molecular formula is C16H18BrFN2O4. The van der Waals surface area contributed by atoms with Crippen molar-refractivity contribution < 1.29 is 23.5 Å². The number of ether oxygens (including phenoxy) is 1. The van der Waals surface area contributed by atoms with Gasteiger partial charge in [0.15, 0.2) is 6.10 Å². The van der Waals surface area contributed by atoms with Gasteiger partial charge in [-0.25, -0.2) is 14.0 Å². The van der Waals surface area contributed by atoms with E-state index in [-0.39, 0.29) is 11.6 Å². The third-order valence-corrected chi connectivity index (χ3v) is 3.17. The van der Waals surface area contributed by atoms with Crippen molar-refractivity contribution in [1.82, 2.24) is 10.6 Å². The summed E-state index contributed by atoms with van der Waals surface area (Å²) >= 11 is 3.19. The lowest BCUT2D eigenvalue weighted by molar-refractivity contribution is -0.149. The molecule has 0 radical (unpaired) electrons. The third kappa shape index (κ3) is 6.91. The summed E-state index contributed by atoms with van der Waals surface area (Å²) in [7, 11) is 0. The molecule has 1 aromatic rings. The molecule has 1 aromatic carbocycles. The molecular weight excluding hydrogens is 383 g/mol. The predicted octanol–water partition coefficient (Wildman–Crippen LogP) is 2.77. The molecule has 0 aliphatic rings. The van der Waals surface area contributed by atoms with E-state index in [1.54, 1.807) is 13.8 Å². The van der Waals surface area contributed by atoms with E-state index >= 15 is 0 Å². The Labute approximate surface area is 147 Å². The predicted molar refractivity (Wildman–Crippen MR) is 90.5 cm³/mol. The molecule has 1 rings (SSSR count). The Kier molecular flexibility index (Phi) is 7.57. The number of hydrogen-bond acceptors (Lipinski definition) is 4. The van der Waals surface area contributed by atoms with Gasteiger partial charge in [-0.05, 0) is 45.0 Å². The van der Waals surface area contributed by atoms with Crippen molar-refractivity contribution in [2.75, 3.05) is 0 Å². The fraction of sp³-hybridized carbons (Fsp3) is 0.312. The number of esters is 1. The van der Waals surface area contributed by atoms with Gasteiger partial charge in [0.2, 0.25) is 0 Å². The van der Waals surface area contributed by atoms with Crippen LogP contribution in [-0.2, 0) is 14.3 Å². The van der Waals surface area contributed by atoms with Crippen LogP contribution in [0.25, 0.3) is 6.08 Å². The van der Waals surface area contributed by atoms with Crippen LogP contribution in [0, 0.1) is 5.82 Å². The maximum absolute atomic E-state index is 13.5. The molecule has 0 aliphatic heterocycles. The summed E-state index contributed by atoms with van der Waals surface area (Å²) in [5.74, 6) is -2.09. The summed E-state index contributed by atoms with van der Waals surface area (Å²) in [5.41, 5.74) is 0.190. The fourth-order valence-corrected chi connectivity index (χ4v) is 1.96. The summed E-state index contributed by atoms with van der Waals surface area (Å²) in [5, 5.41) is 4.52. The molecule has 0 aliphatic carbocycles. The Morgan fingerprint density at radius 1 is 1.25 bits per heavy atom. The summed E-state index contributed by atoms with van der Waals surface area (Å²) in [6.45, 7) is 4.79. The topological polar surface area (TPSA) is 84.5 Å². The zero-order valence-electron chi connectivity index (χ0n) is 13.4. The van der Waals surface area contributed by atoms with Crippen LogP contribution in [0.2, 0.25) is 0 Å². The van der Waals surface area contributed by atoms with Gasteiger partial charge in [-0.15, -0.1) is 0 Å². The molecule has 3 amide bonds. The maximum Gasteiger partial charge on any atom is 0.331 e. The number of carbonyl (C=O) groups is 3. The van der Waals surface area contributed by atoms with Gasteiger partial charge in [0, 0.05) is 22.2 Å². The van der Waals surface area contributed by atoms with Crippen LogP contribution in [0.5, 0.6) is 0 Å². The molecule has 0 heterocycles. The van der Waals surface area contributed by atoms with Crippen molar-refractivity contribution in [3.05, 3.63) is 40.1 Å². The summed E-state index contributed by atoms with van der Waals surface area (Å²) in [6, 6.07) is 3.45. The molecule has 0 spiro atoms. The Morgan fingerprint density at radius 2 is 1.92 bits per heavy atom. The van der Waals surface area contributed by atoms with E-state index in [1.165, 1.54) is 31.2 Å². The zero-order chi connectivity index (χ0) is 18.3. The fourth-order valence-electron chi connectivity index (χ4n) is 1.58. The molecule has 24 heavy (non-hydrogen) atoms. The molecule has 1 unspecified atom stereocenters. The van der Waals surface area contributed by atoms with Gasteiger partial charge in [0.05, 0.1) is 0 Å². The number of halogens is 2. The third-order valence-electron chi connectivity index (χ3n) is 2.68. The first-order valence-electron chi connectivity index (χ1n) is 7.14. The number of imide groups is 1. The van der Waals surface area contributed by atoms with E-state index in [9.17, 15) is 18.8 Å². The van der Waals surface area contributed by atoms with E-state index in [4.69, 9.17) is 4.74 Å². The molecule has 0 bridgehead atoms. The van der Waals surface area contributed by atoms with Gasteiger partial charge in [-0.2, -0.15) is 0 Å². The quantitative estimate of drug-likeness (QED) is 0.587. The standard InChI is InChI=1S/C16H18BrFN2O4/c1-9(2)19-16(23)20-15(22)10(3)24-14(21)7-4-11-8-12(17)5-6-13(11)18/h4-10H,1-3H3,(H2,19,20,22,23)/b7-4+. The van der Waals surface area contributed by atoms with Crippen molar-refractivity contribution in [3.63, 3.8) is 0 Å². The molecule has 0 fully saturated rings. The monoisotopic (exact) mass is 400 g/mol. The second-order valence-corrected chi connectivity index (χ2v) is 6.11. The second-order valence-electron chi connectivity index (χ2n) is 5.20. The highest BCUT2D eigenvalue weighted by atomic mass is 79.9. The summed E-state index contributed by atoms with van der Waals surface area (Å²) in [4.78, 5) is 34.8. The minimum Gasteiger partial charge on any atom is -0.449 e. The van der Waals surface area contributed by atoms with E-state index in [1.807, 2.05) is 0 Å². The van der Waals surface area contributed by atoms with Gasteiger partial charge < -0.3 is 10.1 Å². The van der Waals surface area contributed by atoms with Crippen LogP contribution in [0.15, 0.2) is 28.7 Å².